The number of amides is 1. The van der Waals surface area contributed by atoms with Crippen LogP contribution in [0.5, 0.6) is 0 Å². The summed E-state index contributed by atoms with van der Waals surface area (Å²) in [6.45, 7) is 3.85. The monoisotopic (exact) mass is 358 g/mol. The van der Waals surface area contributed by atoms with E-state index < -0.39 is 0 Å². The third kappa shape index (κ3) is 3.49. The van der Waals surface area contributed by atoms with Crippen molar-refractivity contribution in [2.45, 2.75) is 18.9 Å². The number of hydrogen-bond donors (Lipinski definition) is 2. The number of aryl methyl sites for hydroxylation is 1. The fourth-order valence-corrected chi connectivity index (χ4v) is 3.50. The van der Waals surface area contributed by atoms with E-state index in [-0.39, 0.29) is 11.9 Å². The number of anilines is 2. The predicted octanol–water partition coefficient (Wildman–Crippen LogP) is 3.99. The first-order valence-corrected chi connectivity index (χ1v) is 9.03. The molecule has 1 atom stereocenters. The number of carbonyl (C=O) groups is 1. The van der Waals surface area contributed by atoms with Crippen LogP contribution in [0.4, 0.5) is 11.4 Å². The Bertz CT molecular complexity index is 991. The van der Waals surface area contributed by atoms with Gasteiger partial charge in [-0.05, 0) is 11.6 Å². The highest BCUT2D eigenvalue weighted by Gasteiger charge is 2.23. The third-order valence-corrected chi connectivity index (χ3v) is 4.77. The minimum absolute atomic E-state index is 0.0148. The maximum absolute atomic E-state index is 12.2. The predicted molar refractivity (Wildman–Crippen MR) is 109 cm³/mol. The van der Waals surface area contributed by atoms with E-state index in [0.717, 1.165) is 34.6 Å². The number of nitrogens with one attached hydrogen (secondary N) is 2. The molecule has 2 N–H and O–H groups in total. The van der Waals surface area contributed by atoms with Crippen LogP contribution in [0.3, 0.4) is 0 Å². The zero-order chi connectivity index (χ0) is 18.8. The van der Waals surface area contributed by atoms with Crippen LogP contribution in [-0.2, 0) is 18.3 Å². The first kappa shape index (κ1) is 17.1. The molecule has 2 heterocycles. The van der Waals surface area contributed by atoms with Crippen LogP contribution >= 0.6 is 0 Å². The average molecular weight is 358 g/mol. The maximum Gasteiger partial charge on any atom is 0.226 e. The Kier molecular flexibility index (Phi) is 4.50. The molecular formula is C22H22N4O. The molecule has 27 heavy (non-hydrogen) atoms. The van der Waals surface area contributed by atoms with Gasteiger partial charge in [0, 0.05) is 30.8 Å². The number of rotatable bonds is 4. The number of fused-ring (bicyclic) bond motifs is 1. The van der Waals surface area contributed by atoms with Crippen LogP contribution in [0.25, 0.3) is 11.1 Å². The summed E-state index contributed by atoms with van der Waals surface area (Å²) in [5.74, 6) is -0.0148. The molecule has 1 aliphatic rings. The summed E-state index contributed by atoms with van der Waals surface area (Å²) in [7, 11) is 1.93. The lowest BCUT2D eigenvalue weighted by Crippen LogP contribution is -2.20. The molecule has 0 saturated heterocycles. The van der Waals surface area contributed by atoms with Gasteiger partial charge in [-0.15, -0.1) is 6.58 Å². The van der Waals surface area contributed by atoms with Crippen molar-refractivity contribution in [3.63, 3.8) is 0 Å². The first-order valence-electron chi connectivity index (χ1n) is 9.03. The number of carbonyl (C=O) groups excluding carboxylic acids is 1. The molecule has 1 aliphatic heterocycles. The summed E-state index contributed by atoms with van der Waals surface area (Å²) in [5, 5.41) is 11.2. The van der Waals surface area contributed by atoms with E-state index in [1.807, 2.05) is 48.3 Å². The van der Waals surface area contributed by atoms with E-state index in [0.29, 0.717) is 6.42 Å². The van der Waals surface area contributed by atoms with Crippen molar-refractivity contribution in [1.29, 1.82) is 0 Å². The minimum atomic E-state index is -0.110. The Hall–Kier alpha value is -3.34. The van der Waals surface area contributed by atoms with Gasteiger partial charge < -0.3 is 10.6 Å². The molecule has 0 aliphatic carbocycles. The molecule has 2 aromatic carbocycles. The van der Waals surface area contributed by atoms with E-state index in [9.17, 15) is 4.79 Å². The highest BCUT2D eigenvalue weighted by atomic mass is 16.1. The summed E-state index contributed by atoms with van der Waals surface area (Å²) in [6.07, 6.45) is 4.92. The highest BCUT2D eigenvalue weighted by Crippen LogP contribution is 2.38. The summed E-state index contributed by atoms with van der Waals surface area (Å²) in [4.78, 5) is 12.2. The van der Waals surface area contributed by atoms with Gasteiger partial charge in [-0.3, -0.25) is 9.48 Å². The zero-order valence-electron chi connectivity index (χ0n) is 15.3. The molecule has 3 aromatic rings. The normalized spacial score (nSPS) is 16.0. The largest absolute Gasteiger partial charge is 0.376 e. The van der Waals surface area contributed by atoms with Crippen molar-refractivity contribution in [2.75, 3.05) is 10.6 Å². The number of aromatic nitrogens is 2. The Labute approximate surface area is 158 Å². The van der Waals surface area contributed by atoms with Gasteiger partial charge in [-0.2, -0.15) is 5.10 Å². The van der Waals surface area contributed by atoms with E-state index >= 15 is 0 Å². The lowest BCUT2D eigenvalue weighted by Gasteiger charge is -2.17. The van der Waals surface area contributed by atoms with E-state index in [2.05, 4.69) is 35.4 Å². The lowest BCUT2D eigenvalue weighted by atomic mass is 9.99. The Morgan fingerprint density at radius 1 is 1.19 bits per heavy atom. The molecule has 0 spiro atoms. The molecule has 0 unspecified atom stereocenters. The lowest BCUT2D eigenvalue weighted by molar-refractivity contribution is -0.116. The minimum Gasteiger partial charge on any atom is -0.376 e. The Morgan fingerprint density at radius 2 is 2.00 bits per heavy atom. The highest BCUT2D eigenvalue weighted by molar-refractivity contribution is 6.00. The second kappa shape index (κ2) is 7.11. The van der Waals surface area contributed by atoms with Crippen molar-refractivity contribution < 1.29 is 4.79 Å². The van der Waals surface area contributed by atoms with Gasteiger partial charge in [0.1, 0.15) is 0 Å². The van der Waals surface area contributed by atoms with Gasteiger partial charge in [-0.1, -0.05) is 48.5 Å². The number of nitrogens with zero attached hydrogens (tertiary/aromatic N) is 2. The summed E-state index contributed by atoms with van der Waals surface area (Å²) >= 11 is 0. The Balaban J connectivity index is 1.80. The first-order chi connectivity index (χ1) is 13.1. The van der Waals surface area contributed by atoms with Crippen LogP contribution in [0, 0.1) is 0 Å². The fourth-order valence-electron chi connectivity index (χ4n) is 3.50. The van der Waals surface area contributed by atoms with Crippen molar-refractivity contribution >= 4 is 17.3 Å². The van der Waals surface area contributed by atoms with E-state index in [1.165, 1.54) is 5.56 Å². The van der Waals surface area contributed by atoms with Gasteiger partial charge in [0.25, 0.3) is 0 Å². The second-order valence-corrected chi connectivity index (χ2v) is 6.79. The number of benzene rings is 2. The van der Waals surface area contributed by atoms with Gasteiger partial charge in [0.2, 0.25) is 5.91 Å². The summed E-state index contributed by atoms with van der Waals surface area (Å²) in [6, 6.07) is 16.1. The molecule has 1 amide bonds. The fraction of sp³-hybridized carbons (Fsp3) is 0.182. The molecule has 0 bridgehead atoms. The quantitative estimate of drug-likeness (QED) is 0.694. The SMILES string of the molecule is C=C[C@@H]1CC(=O)Nc2cccc(-c3cn(C)nc3Cc3ccccc3)c2N1. The standard InChI is InChI=1S/C22H22N4O/c1-3-16-13-21(27)24-19-11-7-10-17(22(19)23-16)18-14-26(2)25-20(18)12-15-8-5-4-6-9-15/h3-11,14,16,23H,1,12-13H2,2H3,(H,24,27)/t16-/m1/s1. The molecule has 0 saturated carbocycles. The van der Waals surface area contributed by atoms with Crippen molar-refractivity contribution in [3.05, 3.63) is 78.6 Å². The van der Waals surface area contributed by atoms with E-state index in [1.54, 1.807) is 6.08 Å². The van der Waals surface area contributed by atoms with Crippen LogP contribution in [0.2, 0.25) is 0 Å². The molecular weight excluding hydrogens is 336 g/mol. The van der Waals surface area contributed by atoms with Crippen LogP contribution in [0.1, 0.15) is 17.7 Å². The molecule has 5 nitrogen and oxygen atoms in total. The van der Waals surface area contributed by atoms with Crippen molar-refractivity contribution in [1.82, 2.24) is 9.78 Å². The van der Waals surface area contributed by atoms with Crippen LogP contribution in [-0.4, -0.2) is 21.7 Å². The smallest absolute Gasteiger partial charge is 0.226 e. The van der Waals surface area contributed by atoms with Crippen molar-refractivity contribution in [3.8, 4) is 11.1 Å². The van der Waals surface area contributed by atoms with Gasteiger partial charge in [0.05, 0.1) is 29.5 Å². The second-order valence-electron chi connectivity index (χ2n) is 6.79. The van der Waals surface area contributed by atoms with Gasteiger partial charge in [0.15, 0.2) is 0 Å². The van der Waals surface area contributed by atoms with Gasteiger partial charge in [-0.25, -0.2) is 0 Å². The number of para-hydroxylation sites is 1. The molecule has 4 rings (SSSR count). The third-order valence-electron chi connectivity index (χ3n) is 4.77. The summed E-state index contributed by atoms with van der Waals surface area (Å²) in [5.41, 5.74) is 6.01. The van der Waals surface area contributed by atoms with Gasteiger partial charge >= 0.3 is 0 Å². The molecule has 5 heteroatoms. The topological polar surface area (TPSA) is 59.0 Å². The van der Waals surface area contributed by atoms with Crippen molar-refractivity contribution in [2.24, 2.45) is 7.05 Å². The average Bonchev–Trinajstić information content (AvgIpc) is 2.93. The number of hydrogen-bond acceptors (Lipinski definition) is 3. The van der Waals surface area contributed by atoms with Crippen LogP contribution < -0.4 is 10.6 Å². The molecule has 136 valence electrons. The zero-order valence-corrected chi connectivity index (χ0v) is 15.3. The summed E-state index contributed by atoms with van der Waals surface area (Å²) < 4.78 is 1.84. The Morgan fingerprint density at radius 3 is 2.78 bits per heavy atom. The molecule has 1 aromatic heterocycles. The van der Waals surface area contributed by atoms with Crippen LogP contribution in [0.15, 0.2) is 67.4 Å². The maximum atomic E-state index is 12.2. The molecule has 0 fully saturated rings. The van der Waals surface area contributed by atoms with E-state index in [4.69, 9.17) is 5.10 Å². The molecule has 0 radical (unpaired) electrons.